The van der Waals surface area contributed by atoms with Gasteiger partial charge in [0.25, 0.3) is 0 Å². The van der Waals surface area contributed by atoms with Crippen LogP contribution in [0.15, 0.2) is 47.6 Å². The third-order valence-corrected chi connectivity index (χ3v) is 3.09. The summed E-state index contributed by atoms with van der Waals surface area (Å²) >= 11 is 0. The number of aliphatic imine (C=N–C) groups is 1. The van der Waals surface area contributed by atoms with Crippen LogP contribution in [-0.2, 0) is 13.1 Å². The molecule has 1 aromatic heterocycles. The van der Waals surface area contributed by atoms with E-state index in [2.05, 4.69) is 20.6 Å². The number of ether oxygens (including phenoxy) is 1. The molecule has 6 heteroatoms. The lowest BCUT2D eigenvalue weighted by Gasteiger charge is -2.13. The number of benzene rings is 1. The van der Waals surface area contributed by atoms with Crippen LogP contribution < -0.4 is 15.4 Å². The average Bonchev–Trinajstić information content (AvgIpc) is 2.57. The van der Waals surface area contributed by atoms with Gasteiger partial charge in [-0.05, 0) is 23.8 Å². The molecule has 0 unspecified atom stereocenters. The van der Waals surface area contributed by atoms with E-state index in [1.54, 1.807) is 32.5 Å². The highest BCUT2D eigenvalue weighted by atomic mass is 19.1. The minimum atomic E-state index is -0.241. The minimum absolute atomic E-state index is 0.241. The highest BCUT2D eigenvalue weighted by Gasteiger charge is 2.04. The molecule has 5 nitrogen and oxygen atoms in total. The van der Waals surface area contributed by atoms with E-state index in [1.165, 1.54) is 12.1 Å². The van der Waals surface area contributed by atoms with E-state index in [9.17, 15) is 4.39 Å². The lowest BCUT2D eigenvalue weighted by atomic mass is 10.2. The van der Waals surface area contributed by atoms with Crippen molar-refractivity contribution in [3.8, 4) is 5.88 Å². The molecule has 0 bridgehead atoms. The standard InChI is InChI=1S/C16H19FN4O/c1-18-16(20-10-12-5-7-14(17)8-6-12)21-11-13-4-3-9-19-15(13)22-2/h3-9H,10-11H2,1-2H3,(H2,18,20,21). The molecule has 2 rings (SSSR count). The Labute approximate surface area is 129 Å². The molecule has 0 radical (unpaired) electrons. The zero-order chi connectivity index (χ0) is 15.8. The number of hydrogen-bond acceptors (Lipinski definition) is 3. The summed E-state index contributed by atoms with van der Waals surface area (Å²) in [5.41, 5.74) is 1.91. The Hall–Kier alpha value is -2.63. The number of methoxy groups -OCH3 is 1. The average molecular weight is 302 g/mol. The second-order valence-corrected chi connectivity index (χ2v) is 4.58. The molecule has 22 heavy (non-hydrogen) atoms. The number of aromatic nitrogens is 1. The van der Waals surface area contributed by atoms with Crippen LogP contribution in [0.4, 0.5) is 4.39 Å². The Morgan fingerprint density at radius 1 is 1.18 bits per heavy atom. The number of guanidine groups is 1. The first kappa shape index (κ1) is 15.8. The molecule has 0 saturated heterocycles. The van der Waals surface area contributed by atoms with Crippen LogP contribution in [0.5, 0.6) is 5.88 Å². The second kappa shape index (κ2) is 7.97. The van der Waals surface area contributed by atoms with Crippen LogP contribution >= 0.6 is 0 Å². The van der Waals surface area contributed by atoms with Gasteiger partial charge in [-0.3, -0.25) is 4.99 Å². The van der Waals surface area contributed by atoms with E-state index < -0.39 is 0 Å². The van der Waals surface area contributed by atoms with Crippen molar-refractivity contribution in [1.82, 2.24) is 15.6 Å². The van der Waals surface area contributed by atoms with Crippen molar-refractivity contribution in [2.75, 3.05) is 14.2 Å². The largest absolute Gasteiger partial charge is 0.481 e. The molecule has 1 aromatic carbocycles. The number of halogens is 1. The Morgan fingerprint density at radius 2 is 1.91 bits per heavy atom. The van der Waals surface area contributed by atoms with E-state index in [-0.39, 0.29) is 5.82 Å². The molecule has 2 N–H and O–H groups in total. The molecule has 1 heterocycles. The third-order valence-electron chi connectivity index (χ3n) is 3.09. The van der Waals surface area contributed by atoms with Gasteiger partial charge in [-0.15, -0.1) is 0 Å². The molecule has 0 saturated carbocycles. The molecular weight excluding hydrogens is 283 g/mol. The zero-order valence-corrected chi connectivity index (χ0v) is 12.6. The number of rotatable bonds is 5. The number of nitrogens with zero attached hydrogens (tertiary/aromatic N) is 2. The molecule has 0 fully saturated rings. The van der Waals surface area contributed by atoms with Crippen molar-refractivity contribution >= 4 is 5.96 Å². The van der Waals surface area contributed by atoms with Crippen LogP contribution in [0.1, 0.15) is 11.1 Å². The van der Waals surface area contributed by atoms with Gasteiger partial charge in [0, 0.05) is 31.9 Å². The van der Waals surface area contributed by atoms with E-state index in [0.717, 1.165) is 11.1 Å². The molecule has 2 aromatic rings. The van der Waals surface area contributed by atoms with Crippen molar-refractivity contribution in [2.24, 2.45) is 4.99 Å². The van der Waals surface area contributed by atoms with Gasteiger partial charge in [0.1, 0.15) is 5.82 Å². The Bertz CT molecular complexity index is 628. The third kappa shape index (κ3) is 4.44. The fourth-order valence-corrected chi connectivity index (χ4v) is 1.93. The molecule has 0 aliphatic carbocycles. The predicted octanol–water partition coefficient (Wildman–Crippen LogP) is 2.09. The normalized spacial score (nSPS) is 11.1. The fourth-order valence-electron chi connectivity index (χ4n) is 1.93. The van der Waals surface area contributed by atoms with E-state index in [1.807, 2.05) is 12.1 Å². The number of pyridine rings is 1. The highest BCUT2D eigenvalue weighted by molar-refractivity contribution is 5.79. The van der Waals surface area contributed by atoms with Gasteiger partial charge in [0.15, 0.2) is 5.96 Å². The van der Waals surface area contributed by atoms with Gasteiger partial charge < -0.3 is 15.4 Å². The first-order chi connectivity index (χ1) is 10.7. The summed E-state index contributed by atoms with van der Waals surface area (Å²) in [6.45, 7) is 1.10. The summed E-state index contributed by atoms with van der Waals surface area (Å²) in [5, 5.41) is 6.35. The minimum Gasteiger partial charge on any atom is -0.481 e. The van der Waals surface area contributed by atoms with Gasteiger partial charge in [0.2, 0.25) is 5.88 Å². The second-order valence-electron chi connectivity index (χ2n) is 4.58. The SMILES string of the molecule is CN=C(NCc1ccc(F)cc1)NCc1cccnc1OC. The Balaban J connectivity index is 1.88. The molecule has 0 spiro atoms. The molecule has 0 aliphatic heterocycles. The maximum Gasteiger partial charge on any atom is 0.218 e. The van der Waals surface area contributed by atoms with E-state index in [0.29, 0.717) is 24.9 Å². The molecule has 0 aliphatic rings. The molecular formula is C16H19FN4O. The van der Waals surface area contributed by atoms with Gasteiger partial charge in [-0.1, -0.05) is 18.2 Å². The van der Waals surface area contributed by atoms with E-state index >= 15 is 0 Å². The number of hydrogen-bond donors (Lipinski definition) is 2. The molecule has 0 amide bonds. The molecule has 0 atom stereocenters. The number of nitrogens with one attached hydrogen (secondary N) is 2. The highest BCUT2D eigenvalue weighted by Crippen LogP contribution is 2.12. The van der Waals surface area contributed by atoms with Gasteiger partial charge in [-0.25, -0.2) is 9.37 Å². The van der Waals surface area contributed by atoms with Crippen molar-refractivity contribution in [1.29, 1.82) is 0 Å². The predicted molar refractivity (Wildman–Crippen MR) is 84.2 cm³/mol. The summed E-state index contributed by atoms with van der Waals surface area (Å²) in [6, 6.07) is 10.1. The lowest BCUT2D eigenvalue weighted by Crippen LogP contribution is -2.36. The van der Waals surface area contributed by atoms with Crippen LogP contribution in [0, 0.1) is 5.82 Å². The first-order valence-electron chi connectivity index (χ1n) is 6.89. The zero-order valence-electron chi connectivity index (χ0n) is 12.6. The smallest absolute Gasteiger partial charge is 0.218 e. The van der Waals surface area contributed by atoms with Crippen molar-refractivity contribution in [3.63, 3.8) is 0 Å². The Morgan fingerprint density at radius 3 is 2.59 bits per heavy atom. The molecule has 116 valence electrons. The van der Waals surface area contributed by atoms with E-state index in [4.69, 9.17) is 4.74 Å². The van der Waals surface area contributed by atoms with Crippen LogP contribution in [0.3, 0.4) is 0 Å². The summed E-state index contributed by atoms with van der Waals surface area (Å²) in [4.78, 5) is 8.30. The van der Waals surface area contributed by atoms with Gasteiger partial charge in [-0.2, -0.15) is 0 Å². The summed E-state index contributed by atoms with van der Waals surface area (Å²) in [6.07, 6.45) is 1.68. The van der Waals surface area contributed by atoms with Crippen LogP contribution in [0.25, 0.3) is 0 Å². The fraction of sp³-hybridized carbons (Fsp3) is 0.250. The van der Waals surface area contributed by atoms with Gasteiger partial charge >= 0.3 is 0 Å². The Kier molecular flexibility index (Phi) is 5.71. The maximum absolute atomic E-state index is 12.9. The van der Waals surface area contributed by atoms with Crippen LogP contribution in [-0.4, -0.2) is 25.1 Å². The van der Waals surface area contributed by atoms with Crippen molar-refractivity contribution in [3.05, 3.63) is 59.5 Å². The summed E-state index contributed by atoms with van der Waals surface area (Å²) in [7, 11) is 3.29. The summed E-state index contributed by atoms with van der Waals surface area (Å²) < 4.78 is 18.1. The van der Waals surface area contributed by atoms with Crippen LogP contribution in [0.2, 0.25) is 0 Å². The van der Waals surface area contributed by atoms with Crippen molar-refractivity contribution in [2.45, 2.75) is 13.1 Å². The maximum atomic E-state index is 12.9. The monoisotopic (exact) mass is 302 g/mol. The van der Waals surface area contributed by atoms with Crippen molar-refractivity contribution < 1.29 is 9.13 Å². The summed E-state index contributed by atoms with van der Waals surface area (Å²) in [5.74, 6) is 0.995. The van der Waals surface area contributed by atoms with Gasteiger partial charge in [0.05, 0.1) is 7.11 Å². The quantitative estimate of drug-likeness (QED) is 0.656. The first-order valence-corrected chi connectivity index (χ1v) is 6.89. The lowest BCUT2D eigenvalue weighted by molar-refractivity contribution is 0.392. The topological polar surface area (TPSA) is 58.5 Å².